The lowest BCUT2D eigenvalue weighted by Crippen LogP contribution is -2.14. The van der Waals surface area contributed by atoms with Crippen molar-refractivity contribution < 1.29 is 9.84 Å². The summed E-state index contributed by atoms with van der Waals surface area (Å²) < 4.78 is 5.05. The molecule has 0 aromatic rings. The predicted octanol–water partition coefficient (Wildman–Crippen LogP) is 0.797. The highest BCUT2D eigenvalue weighted by Crippen LogP contribution is 1.91. The van der Waals surface area contributed by atoms with Gasteiger partial charge in [-0.1, -0.05) is 6.92 Å². The first-order valence-electron chi connectivity index (χ1n) is 3.50. The molecule has 0 fully saturated rings. The van der Waals surface area contributed by atoms with Crippen LogP contribution in [-0.2, 0) is 4.74 Å². The SMILES string of the molecule is C#CCC(O)COCCC. The van der Waals surface area contributed by atoms with Crippen molar-refractivity contribution in [3.63, 3.8) is 0 Å². The zero-order valence-corrected chi connectivity index (χ0v) is 6.34. The third kappa shape index (κ3) is 5.61. The zero-order valence-electron chi connectivity index (χ0n) is 6.34. The van der Waals surface area contributed by atoms with E-state index in [0.29, 0.717) is 19.6 Å². The summed E-state index contributed by atoms with van der Waals surface area (Å²) in [4.78, 5) is 0. The Morgan fingerprint density at radius 1 is 1.70 bits per heavy atom. The number of hydrogen-bond donors (Lipinski definition) is 1. The number of aliphatic hydroxyl groups is 1. The van der Waals surface area contributed by atoms with Gasteiger partial charge in [0.2, 0.25) is 0 Å². The summed E-state index contributed by atoms with van der Waals surface area (Å²) in [5.41, 5.74) is 0. The standard InChI is InChI=1S/C8H14O2/c1-3-5-8(9)7-10-6-4-2/h1,8-9H,4-7H2,2H3. The third-order valence-corrected chi connectivity index (χ3v) is 1.01. The van der Waals surface area contributed by atoms with Gasteiger partial charge in [-0.15, -0.1) is 12.3 Å². The molecule has 2 heteroatoms. The number of ether oxygens (including phenoxy) is 1. The number of aliphatic hydroxyl groups excluding tert-OH is 1. The van der Waals surface area contributed by atoms with E-state index in [2.05, 4.69) is 5.92 Å². The molecule has 0 heterocycles. The normalized spacial score (nSPS) is 12.5. The largest absolute Gasteiger partial charge is 0.390 e. The van der Waals surface area contributed by atoms with E-state index in [4.69, 9.17) is 16.3 Å². The molecule has 0 rings (SSSR count). The van der Waals surface area contributed by atoms with Gasteiger partial charge < -0.3 is 9.84 Å². The van der Waals surface area contributed by atoms with Gasteiger partial charge in [-0.3, -0.25) is 0 Å². The number of terminal acetylenes is 1. The Morgan fingerprint density at radius 2 is 2.40 bits per heavy atom. The lowest BCUT2D eigenvalue weighted by Gasteiger charge is -2.06. The van der Waals surface area contributed by atoms with E-state index in [1.165, 1.54) is 0 Å². The third-order valence-electron chi connectivity index (χ3n) is 1.01. The minimum absolute atomic E-state index is 0.359. The van der Waals surface area contributed by atoms with Gasteiger partial charge in [0.1, 0.15) is 0 Å². The highest BCUT2D eigenvalue weighted by Gasteiger charge is 1.99. The molecule has 0 radical (unpaired) electrons. The molecule has 0 aromatic heterocycles. The predicted molar refractivity (Wildman–Crippen MR) is 40.6 cm³/mol. The molecule has 1 atom stereocenters. The van der Waals surface area contributed by atoms with Crippen molar-refractivity contribution in [2.75, 3.05) is 13.2 Å². The van der Waals surface area contributed by atoms with Gasteiger partial charge in [0.05, 0.1) is 12.7 Å². The van der Waals surface area contributed by atoms with E-state index in [0.717, 1.165) is 6.42 Å². The second-order valence-corrected chi connectivity index (χ2v) is 2.14. The van der Waals surface area contributed by atoms with Gasteiger partial charge in [-0.2, -0.15) is 0 Å². The maximum atomic E-state index is 9.01. The summed E-state index contributed by atoms with van der Waals surface area (Å²) in [5, 5.41) is 9.01. The molecule has 0 aliphatic rings. The van der Waals surface area contributed by atoms with Crippen molar-refractivity contribution >= 4 is 0 Å². The van der Waals surface area contributed by atoms with E-state index in [1.807, 2.05) is 6.92 Å². The van der Waals surface area contributed by atoms with Crippen LogP contribution in [0.5, 0.6) is 0 Å². The summed E-state index contributed by atoms with van der Waals surface area (Å²) in [6.07, 6.45) is 5.83. The maximum absolute atomic E-state index is 9.01. The summed E-state index contributed by atoms with van der Waals surface area (Å²) in [6, 6.07) is 0. The molecule has 58 valence electrons. The van der Waals surface area contributed by atoms with Crippen molar-refractivity contribution in [2.45, 2.75) is 25.9 Å². The molecule has 1 N–H and O–H groups in total. The van der Waals surface area contributed by atoms with E-state index in [-0.39, 0.29) is 0 Å². The summed E-state index contributed by atoms with van der Waals surface area (Å²) in [5.74, 6) is 2.36. The minimum Gasteiger partial charge on any atom is -0.390 e. The van der Waals surface area contributed by atoms with Gasteiger partial charge in [-0.25, -0.2) is 0 Å². The van der Waals surface area contributed by atoms with Gasteiger partial charge in [-0.05, 0) is 6.42 Å². The van der Waals surface area contributed by atoms with Crippen molar-refractivity contribution in [3.8, 4) is 12.3 Å². The first-order valence-corrected chi connectivity index (χ1v) is 3.50. The van der Waals surface area contributed by atoms with E-state index in [9.17, 15) is 0 Å². The summed E-state index contributed by atoms with van der Waals surface area (Å²) in [7, 11) is 0. The molecule has 0 aromatic carbocycles. The molecule has 2 nitrogen and oxygen atoms in total. The molecule has 0 bridgehead atoms. The molecule has 1 unspecified atom stereocenters. The summed E-state index contributed by atoms with van der Waals surface area (Å²) in [6.45, 7) is 3.08. The first-order chi connectivity index (χ1) is 4.81. The number of rotatable bonds is 5. The molecule has 0 saturated heterocycles. The lowest BCUT2D eigenvalue weighted by molar-refractivity contribution is 0.0398. The number of hydrogen-bond acceptors (Lipinski definition) is 2. The fourth-order valence-corrected chi connectivity index (χ4v) is 0.559. The Balaban J connectivity index is 3.06. The molecule has 0 amide bonds. The Hall–Kier alpha value is -0.520. The van der Waals surface area contributed by atoms with E-state index < -0.39 is 6.10 Å². The van der Waals surface area contributed by atoms with Crippen LogP contribution in [0.15, 0.2) is 0 Å². The molecular weight excluding hydrogens is 128 g/mol. The van der Waals surface area contributed by atoms with Crippen LogP contribution in [0.25, 0.3) is 0 Å². The van der Waals surface area contributed by atoms with Gasteiger partial charge >= 0.3 is 0 Å². The van der Waals surface area contributed by atoms with Crippen LogP contribution in [0.2, 0.25) is 0 Å². The average Bonchev–Trinajstić information content (AvgIpc) is 1.89. The lowest BCUT2D eigenvalue weighted by atomic mass is 10.3. The smallest absolute Gasteiger partial charge is 0.0882 e. The molecule has 10 heavy (non-hydrogen) atoms. The quantitative estimate of drug-likeness (QED) is 0.454. The fraction of sp³-hybridized carbons (Fsp3) is 0.750. The van der Waals surface area contributed by atoms with E-state index >= 15 is 0 Å². The molecule has 0 spiro atoms. The average molecular weight is 142 g/mol. The molecule has 0 aliphatic carbocycles. The van der Waals surface area contributed by atoms with Crippen LogP contribution in [0, 0.1) is 12.3 Å². The molecule has 0 aliphatic heterocycles. The van der Waals surface area contributed by atoms with Crippen molar-refractivity contribution in [3.05, 3.63) is 0 Å². The Labute approximate surface area is 62.2 Å². The first kappa shape index (κ1) is 9.48. The fourth-order valence-electron chi connectivity index (χ4n) is 0.559. The van der Waals surface area contributed by atoms with Gasteiger partial charge in [0, 0.05) is 13.0 Å². The molecular formula is C8H14O2. The van der Waals surface area contributed by atoms with Crippen LogP contribution in [0.3, 0.4) is 0 Å². The second kappa shape index (κ2) is 6.60. The Kier molecular flexibility index (Phi) is 6.25. The zero-order chi connectivity index (χ0) is 7.82. The topological polar surface area (TPSA) is 29.5 Å². The monoisotopic (exact) mass is 142 g/mol. The Morgan fingerprint density at radius 3 is 2.90 bits per heavy atom. The van der Waals surface area contributed by atoms with Gasteiger partial charge in [0.25, 0.3) is 0 Å². The Bertz CT molecular complexity index is 104. The van der Waals surface area contributed by atoms with E-state index in [1.54, 1.807) is 0 Å². The van der Waals surface area contributed by atoms with Crippen molar-refractivity contribution in [1.82, 2.24) is 0 Å². The highest BCUT2D eigenvalue weighted by atomic mass is 16.5. The van der Waals surface area contributed by atoms with Crippen LogP contribution in [0.4, 0.5) is 0 Å². The van der Waals surface area contributed by atoms with Crippen LogP contribution in [0.1, 0.15) is 19.8 Å². The van der Waals surface area contributed by atoms with Crippen LogP contribution >= 0.6 is 0 Å². The van der Waals surface area contributed by atoms with Crippen LogP contribution < -0.4 is 0 Å². The van der Waals surface area contributed by atoms with Crippen LogP contribution in [-0.4, -0.2) is 24.4 Å². The van der Waals surface area contributed by atoms with Crippen molar-refractivity contribution in [1.29, 1.82) is 0 Å². The van der Waals surface area contributed by atoms with Gasteiger partial charge in [0.15, 0.2) is 0 Å². The maximum Gasteiger partial charge on any atom is 0.0882 e. The van der Waals surface area contributed by atoms with Crippen molar-refractivity contribution in [2.24, 2.45) is 0 Å². The summed E-state index contributed by atoms with van der Waals surface area (Å²) >= 11 is 0. The highest BCUT2D eigenvalue weighted by molar-refractivity contribution is 4.86. The minimum atomic E-state index is -0.489. The molecule has 0 saturated carbocycles. The second-order valence-electron chi connectivity index (χ2n) is 2.14.